The third kappa shape index (κ3) is 4.56. The average molecular weight is 437 g/mol. The molecule has 6 nitrogen and oxygen atoms in total. The summed E-state index contributed by atoms with van der Waals surface area (Å²) in [6.07, 6.45) is 12.5. The number of aromatic nitrogens is 1. The van der Waals surface area contributed by atoms with Crippen molar-refractivity contribution in [3.05, 3.63) is 35.0 Å². The van der Waals surface area contributed by atoms with Crippen LogP contribution in [0.4, 0.5) is 0 Å². The van der Waals surface area contributed by atoms with E-state index in [9.17, 15) is 9.59 Å². The monoisotopic (exact) mass is 436 g/mol. The zero-order valence-corrected chi connectivity index (χ0v) is 19.0. The zero-order chi connectivity index (χ0) is 21.9. The summed E-state index contributed by atoms with van der Waals surface area (Å²) >= 11 is 0. The molecule has 1 aliphatic heterocycles. The third-order valence-corrected chi connectivity index (χ3v) is 7.57. The van der Waals surface area contributed by atoms with Crippen LogP contribution in [0.3, 0.4) is 0 Å². The highest BCUT2D eigenvalue weighted by Gasteiger charge is 2.27. The Hall–Kier alpha value is -2.34. The molecule has 2 aromatic rings. The number of nitrogens with zero attached hydrogens (tertiary/aromatic N) is 1. The predicted molar refractivity (Wildman–Crippen MR) is 127 cm³/mol. The van der Waals surface area contributed by atoms with Crippen molar-refractivity contribution in [1.29, 1.82) is 0 Å². The first-order valence-corrected chi connectivity index (χ1v) is 12.7. The second-order valence-electron chi connectivity index (χ2n) is 9.82. The number of rotatable bonds is 7. The number of hydrogen-bond acceptors (Lipinski definition) is 3. The highest BCUT2D eigenvalue weighted by molar-refractivity contribution is 5.99. The molecule has 6 heteroatoms. The standard InChI is InChI=1S/C26H36N4O2/c31-24-11-5-15-30(24)16-6-14-27-26(32)18-12-13-22-21(17-18)20-9-4-10-23(25(20)29-22)28-19-7-2-1-3-8-19/h12-13,17,19,23,28-29H,1-11,14-16H2,(H,27,32). The molecule has 1 aromatic heterocycles. The highest BCUT2D eigenvalue weighted by atomic mass is 16.2. The molecular formula is C26H36N4O2. The van der Waals surface area contributed by atoms with Crippen LogP contribution in [-0.4, -0.2) is 47.4 Å². The first-order chi connectivity index (χ1) is 15.7. The Morgan fingerprint density at radius 1 is 1.06 bits per heavy atom. The summed E-state index contributed by atoms with van der Waals surface area (Å²) in [7, 11) is 0. The van der Waals surface area contributed by atoms with Crippen molar-refractivity contribution in [2.45, 2.75) is 82.7 Å². The molecular weight excluding hydrogens is 400 g/mol. The number of nitrogens with one attached hydrogen (secondary N) is 3. The van der Waals surface area contributed by atoms with Gasteiger partial charge in [0.2, 0.25) is 5.91 Å². The minimum Gasteiger partial charge on any atom is -0.357 e. The molecule has 32 heavy (non-hydrogen) atoms. The fraction of sp³-hybridized carbons (Fsp3) is 0.615. The van der Waals surface area contributed by atoms with Crippen molar-refractivity contribution in [3.63, 3.8) is 0 Å². The van der Waals surface area contributed by atoms with Crippen LogP contribution in [0.1, 0.15) is 91.9 Å². The molecule has 3 N–H and O–H groups in total. The largest absolute Gasteiger partial charge is 0.357 e. The molecule has 0 bridgehead atoms. The Morgan fingerprint density at radius 2 is 1.94 bits per heavy atom. The maximum atomic E-state index is 12.8. The Kier molecular flexibility index (Phi) is 6.49. The first-order valence-electron chi connectivity index (χ1n) is 12.7. The Morgan fingerprint density at radius 3 is 2.75 bits per heavy atom. The number of hydrogen-bond donors (Lipinski definition) is 3. The van der Waals surface area contributed by atoms with Gasteiger partial charge in [-0.3, -0.25) is 9.59 Å². The molecule has 172 valence electrons. The fourth-order valence-electron chi connectivity index (χ4n) is 5.84. The summed E-state index contributed by atoms with van der Waals surface area (Å²) in [5.74, 6) is 0.220. The number of likely N-dealkylation sites (tertiary alicyclic amines) is 1. The highest BCUT2D eigenvalue weighted by Crippen LogP contribution is 2.36. The fourth-order valence-corrected chi connectivity index (χ4v) is 5.84. The number of carbonyl (C=O) groups excluding carboxylic acids is 2. The van der Waals surface area contributed by atoms with Gasteiger partial charge in [-0.15, -0.1) is 0 Å². The SMILES string of the molecule is O=C(NCCCN1CCCC1=O)c1ccc2[nH]c3c(c2c1)CCCC3NC1CCCCC1. The van der Waals surface area contributed by atoms with Gasteiger partial charge < -0.3 is 20.5 Å². The molecule has 1 aromatic carbocycles. The minimum absolute atomic E-state index is 0.0257. The lowest BCUT2D eigenvalue weighted by Crippen LogP contribution is -2.36. The van der Waals surface area contributed by atoms with Gasteiger partial charge in [-0.05, 0) is 68.7 Å². The second-order valence-corrected chi connectivity index (χ2v) is 9.82. The van der Waals surface area contributed by atoms with Crippen LogP contribution in [0.25, 0.3) is 10.9 Å². The van der Waals surface area contributed by atoms with Gasteiger partial charge >= 0.3 is 0 Å². The average Bonchev–Trinajstić information content (AvgIpc) is 3.40. The number of H-pyrrole nitrogens is 1. The van der Waals surface area contributed by atoms with E-state index in [0.29, 0.717) is 25.0 Å². The minimum atomic E-state index is -0.0257. The molecule has 1 saturated heterocycles. The lowest BCUT2D eigenvalue weighted by molar-refractivity contribution is -0.127. The quantitative estimate of drug-likeness (QED) is 0.569. The number of amides is 2. The van der Waals surface area contributed by atoms with Gasteiger partial charge in [0, 0.05) is 60.3 Å². The maximum Gasteiger partial charge on any atom is 0.251 e. The van der Waals surface area contributed by atoms with Gasteiger partial charge in [-0.2, -0.15) is 0 Å². The maximum absolute atomic E-state index is 12.8. The van der Waals surface area contributed by atoms with E-state index in [-0.39, 0.29) is 11.8 Å². The van der Waals surface area contributed by atoms with Crippen LogP contribution in [0.2, 0.25) is 0 Å². The lowest BCUT2D eigenvalue weighted by Gasteiger charge is -2.31. The molecule has 1 unspecified atom stereocenters. The van der Waals surface area contributed by atoms with Gasteiger partial charge in [0.1, 0.15) is 0 Å². The summed E-state index contributed by atoms with van der Waals surface area (Å²) in [5, 5.41) is 8.17. The molecule has 1 atom stereocenters. The van der Waals surface area contributed by atoms with Crippen molar-refractivity contribution in [3.8, 4) is 0 Å². The van der Waals surface area contributed by atoms with Crippen LogP contribution in [0.5, 0.6) is 0 Å². The van der Waals surface area contributed by atoms with E-state index >= 15 is 0 Å². The molecule has 2 heterocycles. The molecule has 1 saturated carbocycles. The number of aryl methyl sites for hydroxylation is 1. The smallest absolute Gasteiger partial charge is 0.251 e. The van der Waals surface area contributed by atoms with Gasteiger partial charge in [-0.1, -0.05) is 19.3 Å². The first kappa shape index (κ1) is 21.5. The molecule has 0 spiro atoms. The van der Waals surface area contributed by atoms with Crippen LogP contribution in [0, 0.1) is 0 Å². The number of fused-ring (bicyclic) bond motifs is 3. The van der Waals surface area contributed by atoms with E-state index in [1.165, 1.54) is 61.6 Å². The van der Waals surface area contributed by atoms with E-state index in [2.05, 4.69) is 27.8 Å². The lowest BCUT2D eigenvalue weighted by atomic mass is 9.89. The summed E-state index contributed by atoms with van der Waals surface area (Å²) in [6, 6.07) is 7.09. The van der Waals surface area contributed by atoms with Gasteiger partial charge in [0.15, 0.2) is 0 Å². The van der Waals surface area contributed by atoms with E-state index in [1.807, 2.05) is 11.0 Å². The molecule has 0 radical (unpaired) electrons. The van der Waals surface area contributed by atoms with E-state index in [4.69, 9.17) is 0 Å². The number of carbonyl (C=O) groups is 2. The van der Waals surface area contributed by atoms with Crippen molar-refractivity contribution in [2.24, 2.45) is 0 Å². The second kappa shape index (κ2) is 9.65. The van der Waals surface area contributed by atoms with Crippen LogP contribution in [0.15, 0.2) is 18.2 Å². The topological polar surface area (TPSA) is 77.2 Å². The van der Waals surface area contributed by atoms with Crippen molar-refractivity contribution < 1.29 is 9.59 Å². The van der Waals surface area contributed by atoms with Crippen molar-refractivity contribution >= 4 is 22.7 Å². The Labute approximate surface area is 190 Å². The number of aromatic amines is 1. The summed E-state index contributed by atoms with van der Waals surface area (Å²) < 4.78 is 0. The van der Waals surface area contributed by atoms with Gasteiger partial charge in [0.05, 0.1) is 0 Å². The predicted octanol–water partition coefficient (Wildman–Crippen LogP) is 4.21. The van der Waals surface area contributed by atoms with Gasteiger partial charge in [0.25, 0.3) is 5.91 Å². The molecule has 2 fully saturated rings. The molecule has 2 amide bonds. The van der Waals surface area contributed by atoms with E-state index in [1.54, 1.807) is 0 Å². The zero-order valence-electron chi connectivity index (χ0n) is 19.0. The summed E-state index contributed by atoms with van der Waals surface area (Å²) in [6.45, 7) is 2.19. The molecule has 2 aliphatic carbocycles. The third-order valence-electron chi connectivity index (χ3n) is 7.57. The normalized spacial score (nSPS) is 21.8. The van der Waals surface area contributed by atoms with Crippen LogP contribution in [-0.2, 0) is 11.2 Å². The van der Waals surface area contributed by atoms with Gasteiger partial charge in [-0.25, -0.2) is 0 Å². The molecule has 3 aliphatic rings. The Bertz CT molecular complexity index is 976. The van der Waals surface area contributed by atoms with E-state index < -0.39 is 0 Å². The molecule has 5 rings (SSSR count). The van der Waals surface area contributed by atoms with Crippen molar-refractivity contribution in [1.82, 2.24) is 20.5 Å². The van der Waals surface area contributed by atoms with E-state index in [0.717, 1.165) is 43.4 Å². The summed E-state index contributed by atoms with van der Waals surface area (Å²) in [4.78, 5) is 30.0. The van der Waals surface area contributed by atoms with Crippen molar-refractivity contribution in [2.75, 3.05) is 19.6 Å². The number of benzene rings is 1. The Balaban J connectivity index is 1.23. The van der Waals surface area contributed by atoms with Crippen LogP contribution >= 0.6 is 0 Å². The summed E-state index contributed by atoms with van der Waals surface area (Å²) in [5.41, 5.74) is 4.58. The van der Waals surface area contributed by atoms with Crippen LogP contribution < -0.4 is 10.6 Å².